The number of aliphatic hydroxyl groups is 1. The average molecular weight is 490 g/mol. The van der Waals surface area contributed by atoms with E-state index in [4.69, 9.17) is 16.3 Å². The van der Waals surface area contributed by atoms with Gasteiger partial charge >= 0.3 is 5.97 Å². The molecule has 2 heterocycles. The van der Waals surface area contributed by atoms with Gasteiger partial charge in [-0.05, 0) is 48.4 Å². The van der Waals surface area contributed by atoms with Crippen molar-refractivity contribution >= 4 is 44.9 Å². The predicted octanol–water partition coefficient (Wildman–Crippen LogP) is 2.74. The number of benzene rings is 2. The SMILES string of the molecule is COC(=O)c1ccc([C@@H]2C(=C(O)c3ccc(Cl)cc3)C(=O)C(=O)N2[C@H]2CCS(=O)(=O)C2)cc1. The molecule has 2 atom stereocenters. The highest BCUT2D eigenvalue weighted by Crippen LogP contribution is 2.42. The zero-order valence-electron chi connectivity index (χ0n) is 17.5. The molecular formula is C23H20ClNO7S. The summed E-state index contributed by atoms with van der Waals surface area (Å²) >= 11 is 5.92. The molecule has 1 N–H and O–H groups in total. The lowest BCUT2D eigenvalue weighted by atomic mass is 9.94. The lowest BCUT2D eigenvalue weighted by molar-refractivity contribution is -0.141. The van der Waals surface area contributed by atoms with Crippen molar-refractivity contribution in [3.8, 4) is 0 Å². The minimum Gasteiger partial charge on any atom is -0.507 e. The van der Waals surface area contributed by atoms with Gasteiger partial charge in [0.15, 0.2) is 9.84 Å². The number of likely N-dealkylation sites (tertiary alicyclic amines) is 1. The number of hydrogen-bond donors (Lipinski definition) is 1. The molecule has 2 fully saturated rings. The van der Waals surface area contributed by atoms with Gasteiger partial charge in [0.05, 0.1) is 35.8 Å². The van der Waals surface area contributed by atoms with E-state index in [-0.39, 0.29) is 34.6 Å². The summed E-state index contributed by atoms with van der Waals surface area (Å²) in [5, 5.41) is 11.4. The second-order valence-corrected chi connectivity index (χ2v) is 10.5. The maximum Gasteiger partial charge on any atom is 0.337 e. The third kappa shape index (κ3) is 4.26. The number of carbonyl (C=O) groups excluding carboxylic acids is 3. The van der Waals surface area contributed by atoms with Crippen LogP contribution in [0.3, 0.4) is 0 Å². The van der Waals surface area contributed by atoms with Crippen LogP contribution in [0.1, 0.15) is 33.9 Å². The number of ketones is 1. The van der Waals surface area contributed by atoms with E-state index in [9.17, 15) is 27.9 Å². The van der Waals surface area contributed by atoms with Gasteiger partial charge in [-0.3, -0.25) is 9.59 Å². The molecule has 10 heteroatoms. The van der Waals surface area contributed by atoms with Crippen molar-refractivity contribution in [2.45, 2.75) is 18.5 Å². The minimum atomic E-state index is -3.36. The van der Waals surface area contributed by atoms with Crippen LogP contribution in [-0.2, 0) is 24.2 Å². The highest BCUT2D eigenvalue weighted by atomic mass is 35.5. The smallest absolute Gasteiger partial charge is 0.337 e. The van der Waals surface area contributed by atoms with Gasteiger partial charge in [-0.2, -0.15) is 0 Å². The molecule has 2 aliphatic rings. The van der Waals surface area contributed by atoms with Crippen molar-refractivity contribution in [3.63, 3.8) is 0 Å². The second kappa shape index (κ2) is 8.64. The number of carbonyl (C=O) groups is 3. The minimum absolute atomic E-state index is 0.0914. The topological polar surface area (TPSA) is 118 Å². The molecule has 172 valence electrons. The largest absolute Gasteiger partial charge is 0.507 e. The Bertz CT molecular complexity index is 1270. The van der Waals surface area contributed by atoms with Gasteiger partial charge < -0.3 is 14.7 Å². The third-order valence-electron chi connectivity index (χ3n) is 5.85. The number of nitrogens with zero attached hydrogens (tertiary/aromatic N) is 1. The molecule has 2 saturated heterocycles. The van der Waals surface area contributed by atoms with Crippen LogP contribution in [0.25, 0.3) is 5.76 Å². The molecule has 2 aliphatic heterocycles. The fourth-order valence-electron chi connectivity index (χ4n) is 4.23. The van der Waals surface area contributed by atoms with Crippen LogP contribution in [-0.4, -0.2) is 60.7 Å². The van der Waals surface area contributed by atoms with Gasteiger partial charge in [-0.25, -0.2) is 13.2 Å². The first kappa shape index (κ1) is 23.0. The standard InChI is InChI=1S/C23H20ClNO7S/c1-32-23(29)15-4-2-13(3-5-15)19-18(20(26)14-6-8-16(24)9-7-14)21(27)22(28)25(19)17-10-11-33(30,31)12-17/h2-9,17,19,26H,10-12H2,1H3/t17-,19+/m0/s1. The Morgan fingerprint density at radius 3 is 2.21 bits per heavy atom. The zero-order valence-corrected chi connectivity index (χ0v) is 19.1. The summed E-state index contributed by atoms with van der Waals surface area (Å²) in [6, 6.07) is 10.4. The van der Waals surface area contributed by atoms with E-state index < -0.39 is 45.3 Å². The zero-order chi connectivity index (χ0) is 23.9. The molecule has 0 saturated carbocycles. The van der Waals surface area contributed by atoms with Crippen molar-refractivity contribution < 1.29 is 32.6 Å². The molecule has 0 radical (unpaired) electrons. The molecule has 1 amide bonds. The number of methoxy groups -OCH3 is 1. The van der Waals surface area contributed by atoms with E-state index in [0.29, 0.717) is 10.6 Å². The molecule has 2 aromatic rings. The molecule has 0 bridgehead atoms. The molecule has 0 aromatic heterocycles. The predicted molar refractivity (Wildman–Crippen MR) is 120 cm³/mol. The maximum atomic E-state index is 13.1. The number of aliphatic hydroxyl groups excluding tert-OH is 1. The first-order valence-corrected chi connectivity index (χ1v) is 12.3. The van der Waals surface area contributed by atoms with E-state index in [1.54, 1.807) is 12.1 Å². The van der Waals surface area contributed by atoms with Gasteiger partial charge in [-0.1, -0.05) is 23.7 Å². The summed E-state index contributed by atoms with van der Waals surface area (Å²) in [6.45, 7) is 0. The van der Waals surface area contributed by atoms with Crippen molar-refractivity contribution in [2.75, 3.05) is 18.6 Å². The van der Waals surface area contributed by atoms with Crippen molar-refractivity contribution in [1.82, 2.24) is 4.90 Å². The Morgan fingerprint density at radius 1 is 1.06 bits per heavy atom. The molecule has 2 aromatic carbocycles. The van der Waals surface area contributed by atoms with Crippen molar-refractivity contribution in [3.05, 3.63) is 75.8 Å². The number of ether oxygens (including phenoxy) is 1. The first-order valence-electron chi connectivity index (χ1n) is 10.1. The lowest BCUT2D eigenvalue weighted by Crippen LogP contribution is -2.40. The number of esters is 1. The Hall–Kier alpha value is -3.17. The number of amides is 1. The average Bonchev–Trinajstić information content (AvgIpc) is 3.29. The van der Waals surface area contributed by atoms with Crippen molar-refractivity contribution in [1.29, 1.82) is 0 Å². The molecule has 33 heavy (non-hydrogen) atoms. The van der Waals surface area contributed by atoms with Gasteiger partial charge in [0.1, 0.15) is 5.76 Å². The molecule has 0 unspecified atom stereocenters. The Morgan fingerprint density at radius 2 is 1.67 bits per heavy atom. The molecule has 4 rings (SSSR count). The van der Waals surface area contributed by atoms with E-state index in [0.717, 1.165) is 0 Å². The van der Waals surface area contributed by atoms with Crippen LogP contribution in [0.15, 0.2) is 54.1 Å². The quantitative estimate of drug-likeness (QED) is 0.303. The van der Waals surface area contributed by atoms with E-state index in [1.165, 1.54) is 48.4 Å². The lowest BCUT2D eigenvalue weighted by Gasteiger charge is -2.30. The monoisotopic (exact) mass is 489 g/mol. The number of hydrogen-bond acceptors (Lipinski definition) is 7. The van der Waals surface area contributed by atoms with Crippen molar-refractivity contribution in [2.24, 2.45) is 0 Å². The van der Waals surface area contributed by atoms with Crippen LogP contribution in [0.4, 0.5) is 0 Å². The highest BCUT2D eigenvalue weighted by Gasteiger charge is 2.50. The number of rotatable bonds is 4. The molecule has 0 aliphatic carbocycles. The number of halogens is 1. The fraction of sp³-hybridized carbons (Fsp3) is 0.261. The summed E-state index contributed by atoms with van der Waals surface area (Å²) in [6.07, 6.45) is 0.188. The third-order valence-corrected chi connectivity index (χ3v) is 7.85. The maximum absolute atomic E-state index is 13.1. The van der Waals surface area contributed by atoms with E-state index in [1.807, 2.05) is 0 Å². The van der Waals surface area contributed by atoms with Crippen LogP contribution in [0, 0.1) is 0 Å². The summed E-state index contributed by atoms with van der Waals surface area (Å²) in [5.41, 5.74) is 0.839. The van der Waals surface area contributed by atoms with Crippen LogP contribution < -0.4 is 0 Å². The summed E-state index contributed by atoms with van der Waals surface area (Å²) in [7, 11) is -2.11. The van der Waals surface area contributed by atoms with Gasteiger partial charge in [0.2, 0.25) is 0 Å². The van der Waals surface area contributed by atoms with Crippen LogP contribution in [0.5, 0.6) is 0 Å². The summed E-state index contributed by atoms with van der Waals surface area (Å²) in [5.74, 6) is -3.10. The van der Waals surface area contributed by atoms with Gasteiger partial charge in [-0.15, -0.1) is 0 Å². The summed E-state index contributed by atoms with van der Waals surface area (Å²) in [4.78, 5) is 39.2. The second-order valence-electron chi connectivity index (χ2n) is 7.88. The number of Topliss-reactive ketones (excluding diaryl/α,β-unsaturated/α-hetero) is 1. The molecular weight excluding hydrogens is 470 g/mol. The van der Waals surface area contributed by atoms with Gasteiger partial charge in [0.25, 0.3) is 11.7 Å². The Balaban J connectivity index is 1.86. The fourth-order valence-corrected chi connectivity index (χ4v) is 6.07. The van der Waals surface area contributed by atoms with Gasteiger partial charge in [0, 0.05) is 16.6 Å². The first-order chi connectivity index (χ1) is 15.6. The van der Waals surface area contributed by atoms with E-state index >= 15 is 0 Å². The molecule has 0 spiro atoms. The Kier molecular flexibility index (Phi) is 6.02. The van der Waals surface area contributed by atoms with E-state index in [2.05, 4.69) is 0 Å². The Labute approximate surface area is 195 Å². The molecule has 8 nitrogen and oxygen atoms in total. The summed E-state index contributed by atoms with van der Waals surface area (Å²) < 4.78 is 28.9. The van der Waals surface area contributed by atoms with Crippen LogP contribution >= 0.6 is 11.6 Å². The highest BCUT2D eigenvalue weighted by molar-refractivity contribution is 7.91. The normalized spacial score (nSPS) is 23.6. The number of sulfone groups is 1. The van der Waals surface area contributed by atoms with Crippen LogP contribution in [0.2, 0.25) is 5.02 Å².